The molecule has 4 aliphatic heterocycles. The number of allylic oxidation sites excluding steroid dienone is 1. The van der Waals surface area contributed by atoms with Gasteiger partial charge in [-0.05, 0) is 73.9 Å². The second kappa shape index (κ2) is 18.1. The Morgan fingerprint density at radius 2 is 1.70 bits per heavy atom. The van der Waals surface area contributed by atoms with Crippen molar-refractivity contribution >= 4 is 57.5 Å². The van der Waals surface area contributed by atoms with Gasteiger partial charge in [-0.25, -0.2) is 0 Å². The summed E-state index contributed by atoms with van der Waals surface area (Å²) in [5, 5.41) is 17.9. The number of ether oxygens (including phenoxy) is 3. The van der Waals surface area contributed by atoms with Crippen LogP contribution in [0.4, 0.5) is 24.5 Å². The predicted molar refractivity (Wildman–Crippen MR) is 218 cm³/mol. The summed E-state index contributed by atoms with van der Waals surface area (Å²) in [6.07, 6.45) is -4.52. The summed E-state index contributed by atoms with van der Waals surface area (Å²) in [5.74, 6) is -1.65. The quantitative estimate of drug-likeness (QED) is 0.124. The van der Waals surface area contributed by atoms with E-state index < -0.39 is 58.6 Å². The molecule has 3 aromatic rings. The highest BCUT2D eigenvalue weighted by Crippen LogP contribution is 2.53. The summed E-state index contributed by atoms with van der Waals surface area (Å²) in [6.45, 7) is 6.68. The maximum atomic E-state index is 13.8. The third-order valence-corrected chi connectivity index (χ3v) is 12.2. The minimum absolute atomic E-state index is 0.0409. The molecule has 0 bridgehead atoms. The maximum Gasteiger partial charge on any atom is 0.417 e. The number of benzene rings is 3. The van der Waals surface area contributed by atoms with Crippen LogP contribution in [0.5, 0.6) is 5.75 Å². The van der Waals surface area contributed by atoms with Crippen molar-refractivity contribution in [3.63, 3.8) is 0 Å². The number of alkyl halides is 3. The van der Waals surface area contributed by atoms with Crippen LogP contribution in [0.2, 0.25) is 0 Å². The molecular weight excluding hydrogens is 818 g/mol. The zero-order valence-electron chi connectivity index (χ0n) is 33.4. The Kier molecular flexibility index (Phi) is 12.9. The summed E-state index contributed by atoms with van der Waals surface area (Å²) < 4.78 is 58.7. The molecule has 0 radical (unpaired) electrons. The van der Waals surface area contributed by atoms with Gasteiger partial charge >= 0.3 is 6.18 Å². The lowest BCUT2D eigenvalue weighted by atomic mass is 9.81. The van der Waals surface area contributed by atoms with Crippen molar-refractivity contribution in [3.05, 3.63) is 93.4 Å². The van der Waals surface area contributed by atoms with Crippen LogP contribution in [0.3, 0.4) is 0 Å². The van der Waals surface area contributed by atoms with E-state index in [0.717, 1.165) is 33.9 Å². The molecule has 7 rings (SSSR count). The van der Waals surface area contributed by atoms with Crippen molar-refractivity contribution in [2.75, 3.05) is 62.9 Å². The first-order valence-corrected chi connectivity index (χ1v) is 20.6. The third kappa shape index (κ3) is 9.01. The van der Waals surface area contributed by atoms with Gasteiger partial charge in [-0.3, -0.25) is 39.5 Å². The van der Waals surface area contributed by atoms with Crippen LogP contribution in [0.1, 0.15) is 70.5 Å². The van der Waals surface area contributed by atoms with Gasteiger partial charge in [0.25, 0.3) is 11.8 Å². The zero-order chi connectivity index (χ0) is 43.5. The molecular formula is C43H43F3N6O8S. The van der Waals surface area contributed by atoms with Gasteiger partial charge in [-0.1, -0.05) is 30.0 Å². The molecule has 0 saturated carbocycles. The van der Waals surface area contributed by atoms with Crippen molar-refractivity contribution in [2.45, 2.75) is 51.5 Å². The highest BCUT2D eigenvalue weighted by molar-refractivity contribution is 8.17. The standard InChI is InChI=1S/C43H43F3N6O8S/c1-42(2)35(36(61-41(42)57)37-49-15-17-51(37)27-10-7-26(24-47)30(23-27)43(44,45)46)25-8-11-28(12-9-25)60-19-4-18-58-21-22-59-20-16-48-31-6-3-5-29-34(31)40(56)52(39(29)55)32-13-14-33(53)50-38(32)54/h3,5-12,23,32,37,48-49H,4,13-22H2,1-2H3,(H,50,53,54). The molecule has 2 saturated heterocycles. The number of amides is 4. The summed E-state index contributed by atoms with van der Waals surface area (Å²) in [6, 6.07) is 16.5. The molecule has 2 atom stereocenters. The second-order valence-corrected chi connectivity index (χ2v) is 16.2. The Morgan fingerprint density at radius 3 is 2.43 bits per heavy atom. The van der Waals surface area contributed by atoms with Gasteiger partial charge in [0.1, 0.15) is 18.0 Å². The molecule has 320 valence electrons. The van der Waals surface area contributed by atoms with E-state index in [1.807, 2.05) is 38.1 Å². The number of hydrogen-bond acceptors (Lipinski definition) is 13. The fraction of sp³-hybridized carbons (Fsp3) is 0.395. The van der Waals surface area contributed by atoms with Crippen molar-refractivity contribution in [2.24, 2.45) is 5.41 Å². The number of fused-ring (bicyclic) bond motifs is 1. The number of nitriles is 1. The average Bonchev–Trinajstić information content (AvgIpc) is 3.89. The van der Waals surface area contributed by atoms with Crippen molar-refractivity contribution in [1.29, 1.82) is 5.26 Å². The molecule has 4 aliphatic rings. The van der Waals surface area contributed by atoms with E-state index >= 15 is 0 Å². The lowest BCUT2D eigenvalue weighted by molar-refractivity contribution is -0.138. The van der Waals surface area contributed by atoms with Gasteiger partial charge in [0.05, 0.1) is 60.2 Å². The molecule has 3 N–H and O–H groups in total. The van der Waals surface area contributed by atoms with Crippen LogP contribution in [0.25, 0.3) is 5.57 Å². The number of nitrogens with zero attached hydrogens (tertiary/aromatic N) is 3. The zero-order valence-corrected chi connectivity index (χ0v) is 34.2. The number of piperidine rings is 1. The number of nitrogens with one attached hydrogen (secondary N) is 3. The first-order chi connectivity index (χ1) is 29.2. The minimum Gasteiger partial charge on any atom is -0.494 e. The molecule has 18 heteroatoms. The smallest absolute Gasteiger partial charge is 0.417 e. The Morgan fingerprint density at radius 1 is 0.951 bits per heavy atom. The monoisotopic (exact) mass is 860 g/mol. The second-order valence-electron chi connectivity index (χ2n) is 15.2. The van der Waals surface area contributed by atoms with Crippen LogP contribution in [-0.4, -0.2) is 98.5 Å². The van der Waals surface area contributed by atoms with Crippen molar-refractivity contribution in [3.8, 4) is 11.8 Å². The largest absolute Gasteiger partial charge is 0.494 e. The number of carbonyl (C=O) groups excluding carboxylic acids is 5. The molecule has 0 aromatic heterocycles. The number of halogens is 3. The average molecular weight is 861 g/mol. The molecule has 61 heavy (non-hydrogen) atoms. The van der Waals surface area contributed by atoms with Crippen LogP contribution < -0.4 is 25.6 Å². The van der Waals surface area contributed by atoms with E-state index in [0.29, 0.717) is 81.1 Å². The topological polar surface area (TPSA) is 179 Å². The van der Waals surface area contributed by atoms with Crippen molar-refractivity contribution < 1.29 is 51.4 Å². The van der Waals surface area contributed by atoms with E-state index in [9.17, 15) is 42.4 Å². The summed E-state index contributed by atoms with van der Waals surface area (Å²) >= 11 is 1.09. The SMILES string of the molecule is CC1(C)C(=O)SC(C2NCCN2c2ccc(C#N)c(C(F)(F)F)c2)=C1c1ccc(OCCCOCCOCCNc2cccc3c2C(=O)N(C2CCC(=O)NC2=O)C3=O)cc1. The Labute approximate surface area is 353 Å². The van der Waals surface area contributed by atoms with Crippen LogP contribution in [-0.2, 0) is 30.0 Å². The van der Waals surface area contributed by atoms with Gasteiger partial charge in [0.15, 0.2) is 0 Å². The molecule has 4 amide bonds. The van der Waals surface area contributed by atoms with Crippen LogP contribution >= 0.6 is 11.8 Å². The van der Waals surface area contributed by atoms with Gasteiger partial charge in [-0.15, -0.1) is 0 Å². The van der Waals surface area contributed by atoms with Crippen molar-refractivity contribution in [1.82, 2.24) is 15.5 Å². The summed E-state index contributed by atoms with van der Waals surface area (Å²) in [4.78, 5) is 67.0. The van der Waals surface area contributed by atoms with Gasteiger partial charge in [0.2, 0.25) is 16.9 Å². The summed E-state index contributed by atoms with van der Waals surface area (Å²) in [7, 11) is 0. The number of hydrogen-bond donors (Lipinski definition) is 3. The van der Waals surface area contributed by atoms with E-state index in [1.54, 1.807) is 23.1 Å². The maximum absolute atomic E-state index is 13.8. The van der Waals surface area contributed by atoms with Gasteiger partial charge in [-0.2, -0.15) is 18.4 Å². The number of anilines is 2. The third-order valence-electron chi connectivity index (χ3n) is 10.8. The van der Waals surface area contributed by atoms with E-state index in [2.05, 4.69) is 16.0 Å². The van der Waals surface area contributed by atoms with Gasteiger partial charge in [0, 0.05) is 55.4 Å². The molecule has 0 spiro atoms. The van der Waals surface area contributed by atoms with E-state index in [4.69, 9.17) is 14.2 Å². The van der Waals surface area contributed by atoms with Crippen LogP contribution in [0.15, 0.2) is 65.6 Å². The first kappa shape index (κ1) is 43.4. The Bertz CT molecular complexity index is 2310. The van der Waals surface area contributed by atoms with E-state index in [-0.39, 0.29) is 29.1 Å². The molecule has 3 aromatic carbocycles. The summed E-state index contributed by atoms with van der Waals surface area (Å²) in [5.41, 5.74) is 0.367. The predicted octanol–water partition coefficient (Wildman–Crippen LogP) is 5.34. The Balaban J connectivity index is 0.848. The highest BCUT2D eigenvalue weighted by atomic mass is 32.2. The molecule has 14 nitrogen and oxygen atoms in total. The first-order valence-electron chi connectivity index (χ1n) is 19.8. The minimum atomic E-state index is -4.70. The number of imide groups is 2. The Hall–Kier alpha value is -5.74. The molecule has 4 heterocycles. The van der Waals surface area contributed by atoms with Gasteiger partial charge < -0.3 is 24.4 Å². The molecule has 2 fully saturated rings. The number of rotatable bonds is 16. The molecule has 0 aliphatic carbocycles. The normalized spacial score (nSPS) is 20.0. The number of carbonyl (C=O) groups is 5. The lowest BCUT2D eigenvalue weighted by Gasteiger charge is -2.29. The number of thioether (sulfide) groups is 1. The highest BCUT2D eigenvalue weighted by Gasteiger charge is 2.47. The fourth-order valence-electron chi connectivity index (χ4n) is 7.81. The fourth-order valence-corrected chi connectivity index (χ4v) is 9.17. The van der Waals surface area contributed by atoms with E-state index in [1.165, 1.54) is 18.2 Å². The molecule has 2 unspecified atom stereocenters. The lowest BCUT2D eigenvalue weighted by Crippen LogP contribution is -2.54. The van der Waals surface area contributed by atoms with Crippen LogP contribution in [0, 0.1) is 16.7 Å².